The van der Waals surface area contributed by atoms with Crippen molar-refractivity contribution in [3.05, 3.63) is 0 Å². The minimum Gasteiger partial charge on any atom is -0.481 e. The van der Waals surface area contributed by atoms with E-state index in [-0.39, 0.29) is 0 Å². The van der Waals surface area contributed by atoms with Crippen molar-refractivity contribution in [2.75, 3.05) is 5.75 Å². The Bertz CT molecular complexity index is 456. The number of hydrogen-bond acceptors (Lipinski definition) is 5. The van der Waals surface area contributed by atoms with Gasteiger partial charge in [0.1, 0.15) is 5.54 Å². The van der Waals surface area contributed by atoms with Crippen molar-refractivity contribution in [3.63, 3.8) is 0 Å². The van der Waals surface area contributed by atoms with Gasteiger partial charge in [-0.05, 0) is 0 Å². The number of nitrogens with two attached hydrogens (primary N) is 1. The minimum atomic E-state index is -3.68. The molecule has 1 heterocycles. The summed E-state index contributed by atoms with van der Waals surface area (Å²) in [6.07, 6.45) is 0. The zero-order chi connectivity index (χ0) is 11.6. The van der Waals surface area contributed by atoms with Crippen LogP contribution in [0.2, 0.25) is 0 Å². The van der Waals surface area contributed by atoms with Crippen LogP contribution in [0.3, 0.4) is 0 Å². The first-order valence-electron chi connectivity index (χ1n) is 4.18. The van der Waals surface area contributed by atoms with Crippen LogP contribution in [0, 0.1) is 11.8 Å². The molecule has 0 aromatic carbocycles. The summed E-state index contributed by atoms with van der Waals surface area (Å²) in [7, 11) is -3.68. The second-order valence-electron chi connectivity index (χ2n) is 4.01. The number of carboxylic acids is 2. The highest BCUT2D eigenvalue weighted by Crippen LogP contribution is 2.56. The molecule has 0 aromatic rings. The molecule has 15 heavy (non-hydrogen) atoms. The molecule has 1 saturated carbocycles. The van der Waals surface area contributed by atoms with Crippen LogP contribution < -0.4 is 5.73 Å². The molecule has 1 saturated heterocycles. The molecule has 1 unspecified atom stereocenters. The van der Waals surface area contributed by atoms with Gasteiger partial charge in [0.05, 0.1) is 16.9 Å². The van der Waals surface area contributed by atoms with Gasteiger partial charge in [0.15, 0.2) is 9.84 Å². The van der Waals surface area contributed by atoms with Crippen LogP contribution in [0.4, 0.5) is 0 Å². The number of aliphatic carboxylic acids is 2. The van der Waals surface area contributed by atoms with Crippen LogP contribution in [0.15, 0.2) is 0 Å². The molecule has 0 radical (unpaired) electrons. The van der Waals surface area contributed by atoms with E-state index in [9.17, 15) is 18.0 Å². The fourth-order valence-electron chi connectivity index (χ4n) is 2.37. The van der Waals surface area contributed by atoms with E-state index in [0.29, 0.717) is 0 Å². The van der Waals surface area contributed by atoms with Crippen LogP contribution in [0.5, 0.6) is 0 Å². The number of fused-ring (bicyclic) bond motifs is 1. The fourth-order valence-corrected chi connectivity index (χ4v) is 5.04. The molecular weight excluding hydrogens is 226 g/mol. The normalized spacial score (nSPS) is 45.8. The van der Waals surface area contributed by atoms with E-state index in [1.54, 1.807) is 0 Å². The van der Waals surface area contributed by atoms with Crippen LogP contribution >= 0.6 is 0 Å². The average Bonchev–Trinajstić information content (AvgIpc) is 2.72. The third kappa shape index (κ3) is 1.11. The maximum atomic E-state index is 11.4. The van der Waals surface area contributed by atoms with E-state index in [2.05, 4.69) is 0 Å². The molecule has 7 nitrogen and oxygen atoms in total. The van der Waals surface area contributed by atoms with Gasteiger partial charge in [-0.2, -0.15) is 0 Å². The number of rotatable bonds is 2. The highest BCUT2D eigenvalue weighted by atomic mass is 32.2. The zero-order valence-electron chi connectivity index (χ0n) is 7.45. The first-order chi connectivity index (χ1) is 6.72. The SMILES string of the molecule is N[C@@]1(C(=O)O)CS(=O)(=O)[C@H]2C(C(=O)O)[C@H]21. The Morgan fingerprint density at radius 3 is 2.20 bits per heavy atom. The third-order valence-corrected chi connectivity index (χ3v) is 5.38. The Balaban J connectivity index is 2.44. The first-order valence-corrected chi connectivity index (χ1v) is 5.90. The topological polar surface area (TPSA) is 135 Å². The fraction of sp³-hybridized carbons (Fsp3) is 0.714. The molecule has 1 aliphatic carbocycles. The number of sulfone groups is 1. The van der Waals surface area contributed by atoms with Crippen molar-refractivity contribution in [3.8, 4) is 0 Å². The molecule has 84 valence electrons. The lowest BCUT2D eigenvalue weighted by atomic mass is 9.96. The second kappa shape index (κ2) is 2.50. The molecule has 0 spiro atoms. The van der Waals surface area contributed by atoms with E-state index in [0.717, 1.165) is 0 Å². The summed E-state index contributed by atoms with van der Waals surface area (Å²) in [5.41, 5.74) is 3.51. The summed E-state index contributed by atoms with van der Waals surface area (Å²) in [6.45, 7) is 0. The highest BCUT2D eigenvalue weighted by molar-refractivity contribution is 7.92. The van der Waals surface area contributed by atoms with Crippen molar-refractivity contribution in [2.45, 2.75) is 10.8 Å². The van der Waals surface area contributed by atoms with E-state index in [1.165, 1.54) is 0 Å². The summed E-state index contributed by atoms with van der Waals surface area (Å²) < 4.78 is 22.9. The summed E-state index contributed by atoms with van der Waals surface area (Å²) in [5.74, 6) is -5.58. The molecular formula is C7H9NO6S. The minimum absolute atomic E-state index is 0.672. The molecule has 4 N–H and O–H groups in total. The third-order valence-electron chi connectivity index (χ3n) is 3.09. The molecule has 4 atom stereocenters. The molecule has 1 aliphatic heterocycles. The largest absolute Gasteiger partial charge is 0.481 e. The van der Waals surface area contributed by atoms with Crippen molar-refractivity contribution in [1.29, 1.82) is 0 Å². The quantitative estimate of drug-likeness (QED) is 0.498. The summed E-state index contributed by atoms with van der Waals surface area (Å²) in [6, 6.07) is 0. The van der Waals surface area contributed by atoms with Gasteiger partial charge in [0.2, 0.25) is 0 Å². The standard InChI is InChI=1S/C7H9NO6S/c8-7(6(11)12)1-15(13,14)4-2(3(4)7)5(9)10/h2-4H,1,8H2,(H,9,10)(H,11,12)/t2?,3-,4+,7+/m1/s1. The zero-order valence-corrected chi connectivity index (χ0v) is 8.27. The van der Waals surface area contributed by atoms with Crippen LogP contribution in [-0.2, 0) is 19.4 Å². The Labute approximate surface area is 84.8 Å². The summed E-state index contributed by atoms with van der Waals surface area (Å²) in [5, 5.41) is 16.4. The van der Waals surface area contributed by atoms with Crippen LogP contribution in [-0.4, -0.2) is 47.1 Å². The predicted octanol–water partition coefficient (Wildman–Crippen LogP) is -2.10. The van der Waals surface area contributed by atoms with Crippen molar-refractivity contribution in [1.82, 2.24) is 0 Å². The molecule has 0 bridgehead atoms. The van der Waals surface area contributed by atoms with E-state index < -0.39 is 50.2 Å². The Hall–Kier alpha value is -1.15. The summed E-state index contributed by atoms with van der Waals surface area (Å²) in [4.78, 5) is 21.5. The molecule has 0 aromatic heterocycles. The highest BCUT2D eigenvalue weighted by Gasteiger charge is 2.77. The monoisotopic (exact) mass is 235 g/mol. The van der Waals surface area contributed by atoms with Gasteiger partial charge in [-0.1, -0.05) is 0 Å². The molecule has 0 amide bonds. The lowest BCUT2D eigenvalue weighted by Crippen LogP contribution is -2.53. The number of carboxylic acid groups (broad SMARTS) is 2. The van der Waals surface area contributed by atoms with Gasteiger partial charge in [0.25, 0.3) is 0 Å². The van der Waals surface area contributed by atoms with Gasteiger partial charge < -0.3 is 15.9 Å². The second-order valence-corrected chi connectivity index (χ2v) is 6.17. The van der Waals surface area contributed by atoms with Crippen LogP contribution in [0.1, 0.15) is 0 Å². The molecule has 8 heteroatoms. The maximum Gasteiger partial charge on any atom is 0.325 e. The Kier molecular flexibility index (Phi) is 1.73. The van der Waals surface area contributed by atoms with Gasteiger partial charge >= 0.3 is 11.9 Å². The van der Waals surface area contributed by atoms with Gasteiger partial charge in [-0.15, -0.1) is 0 Å². The van der Waals surface area contributed by atoms with Gasteiger partial charge in [-0.25, -0.2) is 8.42 Å². The number of hydrogen-bond donors (Lipinski definition) is 3. The first kappa shape index (κ1) is 10.4. The van der Waals surface area contributed by atoms with Gasteiger partial charge in [0, 0.05) is 5.92 Å². The van der Waals surface area contributed by atoms with E-state index >= 15 is 0 Å². The maximum absolute atomic E-state index is 11.4. The van der Waals surface area contributed by atoms with Crippen molar-refractivity contribution in [2.24, 2.45) is 17.6 Å². The lowest BCUT2D eigenvalue weighted by Gasteiger charge is -2.19. The smallest absolute Gasteiger partial charge is 0.325 e. The van der Waals surface area contributed by atoms with E-state index in [1.807, 2.05) is 0 Å². The molecule has 2 fully saturated rings. The molecule has 2 rings (SSSR count). The van der Waals surface area contributed by atoms with Gasteiger partial charge in [-0.3, -0.25) is 9.59 Å². The summed E-state index contributed by atoms with van der Waals surface area (Å²) >= 11 is 0. The predicted molar refractivity (Wildman–Crippen MR) is 46.7 cm³/mol. The Morgan fingerprint density at radius 1 is 1.33 bits per heavy atom. The van der Waals surface area contributed by atoms with E-state index in [4.69, 9.17) is 15.9 Å². The van der Waals surface area contributed by atoms with Crippen molar-refractivity contribution >= 4 is 21.8 Å². The lowest BCUT2D eigenvalue weighted by molar-refractivity contribution is -0.144. The number of carbonyl (C=O) groups is 2. The molecule has 2 aliphatic rings. The van der Waals surface area contributed by atoms with Crippen LogP contribution in [0.25, 0.3) is 0 Å². The average molecular weight is 235 g/mol. The van der Waals surface area contributed by atoms with Crippen molar-refractivity contribution < 1.29 is 28.2 Å². The Morgan fingerprint density at radius 2 is 1.87 bits per heavy atom.